The van der Waals surface area contributed by atoms with E-state index in [1.165, 1.54) is 0 Å². The van der Waals surface area contributed by atoms with E-state index in [9.17, 15) is 0 Å². The second kappa shape index (κ2) is 6.18. The second-order valence-electron chi connectivity index (χ2n) is 3.01. The van der Waals surface area contributed by atoms with Crippen molar-refractivity contribution < 1.29 is 10.2 Å². The van der Waals surface area contributed by atoms with Crippen LogP contribution in [0.2, 0.25) is 10.0 Å². The maximum Gasteiger partial charge on any atom is 0.0825 e. The molecule has 2 N–H and O–H groups in total. The quantitative estimate of drug-likeness (QED) is 0.837. The summed E-state index contributed by atoms with van der Waals surface area (Å²) in [6.45, 7) is 0.840. The van der Waals surface area contributed by atoms with E-state index in [1.807, 2.05) is 0 Å². The lowest BCUT2D eigenvalue weighted by atomic mass is 10.3. The molecule has 0 radical (unpaired) electrons. The summed E-state index contributed by atoms with van der Waals surface area (Å²) in [5.41, 5.74) is 0.729. The molecule has 0 bridgehead atoms. The van der Waals surface area contributed by atoms with Crippen molar-refractivity contribution in [3.05, 3.63) is 28.2 Å². The zero-order valence-electron chi connectivity index (χ0n) is 8.16. The Kier molecular flexibility index (Phi) is 5.19. The highest BCUT2D eigenvalue weighted by molar-refractivity contribution is 6.43. The number of aliphatic hydroxyl groups excluding tert-OH is 2. The van der Waals surface area contributed by atoms with Crippen LogP contribution < -0.4 is 4.90 Å². The van der Waals surface area contributed by atoms with Crippen molar-refractivity contribution in [1.82, 2.24) is 0 Å². The highest BCUT2D eigenvalue weighted by Crippen LogP contribution is 2.32. The van der Waals surface area contributed by atoms with Crippen LogP contribution in [-0.2, 0) is 0 Å². The average molecular weight is 250 g/mol. The minimum Gasteiger partial charge on any atom is -0.395 e. The van der Waals surface area contributed by atoms with Gasteiger partial charge >= 0.3 is 0 Å². The Labute approximate surface area is 98.8 Å². The molecule has 0 heterocycles. The molecule has 84 valence electrons. The lowest BCUT2D eigenvalue weighted by Crippen LogP contribution is -2.29. The molecule has 1 aromatic carbocycles. The number of anilines is 1. The number of halogens is 2. The number of aliphatic hydroxyl groups is 2. The maximum atomic E-state index is 8.89. The fraction of sp³-hybridized carbons (Fsp3) is 0.400. The van der Waals surface area contributed by atoms with E-state index in [0.29, 0.717) is 23.1 Å². The van der Waals surface area contributed by atoms with Crippen molar-refractivity contribution in [2.45, 2.75) is 0 Å². The van der Waals surface area contributed by atoms with Gasteiger partial charge in [-0.15, -0.1) is 0 Å². The van der Waals surface area contributed by atoms with Crippen molar-refractivity contribution in [2.24, 2.45) is 0 Å². The van der Waals surface area contributed by atoms with Crippen LogP contribution in [0.5, 0.6) is 0 Å². The van der Waals surface area contributed by atoms with E-state index in [1.54, 1.807) is 23.1 Å². The lowest BCUT2D eigenvalue weighted by molar-refractivity contribution is 0.281. The Morgan fingerprint density at radius 2 is 1.67 bits per heavy atom. The molecule has 0 saturated carbocycles. The molecule has 15 heavy (non-hydrogen) atoms. The Balaban J connectivity index is 2.94. The van der Waals surface area contributed by atoms with E-state index >= 15 is 0 Å². The normalized spacial score (nSPS) is 10.4. The molecule has 5 heteroatoms. The zero-order chi connectivity index (χ0) is 11.3. The summed E-state index contributed by atoms with van der Waals surface area (Å²) in [4.78, 5) is 1.79. The Bertz CT molecular complexity index is 314. The van der Waals surface area contributed by atoms with Crippen LogP contribution in [-0.4, -0.2) is 36.5 Å². The van der Waals surface area contributed by atoms with Crippen molar-refractivity contribution in [3.8, 4) is 0 Å². The van der Waals surface area contributed by atoms with Crippen LogP contribution in [0.25, 0.3) is 0 Å². The van der Waals surface area contributed by atoms with Crippen LogP contribution in [0, 0.1) is 0 Å². The first-order chi connectivity index (χ1) is 7.20. The van der Waals surface area contributed by atoms with Crippen LogP contribution in [0.15, 0.2) is 18.2 Å². The van der Waals surface area contributed by atoms with Gasteiger partial charge in [0, 0.05) is 13.1 Å². The van der Waals surface area contributed by atoms with Crippen molar-refractivity contribution in [1.29, 1.82) is 0 Å². The first-order valence-electron chi connectivity index (χ1n) is 4.61. The van der Waals surface area contributed by atoms with Gasteiger partial charge in [0.05, 0.1) is 28.9 Å². The van der Waals surface area contributed by atoms with Gasteiger partial charge in [-0.05, 0) is 12.1 Å². The Morgan fingerprint density at radius 3 is 2.20 bits per heavy atom. The van der Waals surface area contributed by atoms with E-state index < -0.39 is 0 Å². The Morgan fingerprint density at radius 1 is 1.07 bits per heavy atom. The summed E-state index contributed by atoms with van der Waals surface area (Å²) < 4.78 is 0. The summed E-state index contributed by atoms with van der Waals surface area (Å²) in [6.07, 6.45) is 0. The number of benzene rings is 1. The van der Waals surface area contributed by atoms with E-state index in [0.717, 1.165) is 5.69 Å². The van der Waals surface area contributed by atoms with Gasteiger partial charge in [0.15, 0.2) is 0 Å². The summed E-state index contributed by atoms with van der Waals surface area (Å²) in [5, 5.41) is 18.7. The molecule has 3 nitrogen and oxygen atoms in total. The second-order valence-corrected chi connectivity index (χ2v) is 3.79. The molecule has 0 unspecified atom stereocenters. The number of hydrogen-bond donors (Lipinski definition) is 2. The van der Waals surface area contributed by atoms with Gasteiger partial charge in [0.25, 0.3) is 0 Å². The van der Waals surface area contributed by atoms with Gasteiger partial charge in [0.2, 0.25) is 0 Å². The molecule has 1 rings (SSSR count). The van der Waals surface area contributed by atoms with Crippen LogP contribution in [0.1, 0.15) is 0 Å². The molecule has 0 aliphatic rings. The lowest BCUT2D eigenvalue weighted by Gasteiger charge is -2.24. The molecule has 0 aromatic heterocycles. The summed E-state index contributed by atoms with van der Waals surface area (Å²) in [7, 11) is 0. The van der Waals surface area contributed by atoms with Gasteiger partial charge in [-0.3, -0.25) is 0 Å². The summed E-state index contributed by atoms with van der Waals surface area (Å²) in [6, 6.07) is 5.29. The van der Waals surface area contributed by atoms with Crippen molar-refractivity contribution in [3.63, 3.8) is 0 Å². The third-order valence-electron chi connectivity index (χ3n) is 2.01. The molecule has 1 aromatic rings. The maximum absolute atomic E-state index is 8.89. The van der Waals surface area contributed by atoms with Gasteiger partial charge < -0.3 is 15.1 Å². The molecule has 0 saturated heterocycles. The summed E-state index contributed by atoms with van der Waals surface area (Å²) >= 11 is 11.9. The van der Waals surface area contributed by atoms with Crippen molar-refractivity contribution >= 4 is 28.9 Å². The number of hydrogen-bond acceptors (Lipinski definition) is 3. The van der Waals surface area contributed by atoms with E-state index in [2.05, 4.69) is 0 Å². The first kappa shape index (κ1) is 12.6. The van der Waals surface area contributed by atoms with Crippen molar-refractivity contribution in [2.75, 3.05) is 31.2 Å². The zero-order valence-corrected chi connectivity index (χ0v) is 9.67. The first-order valence-corrected chi connectivity index (χ1v) is 5.37. The van der Waals surface area contributed by atoms with Crippen LogP contribution in [0.3, 0.4) is 0 Å². The Hall–Kier alpha value is -0.480. The van der Waals surface area contributed by atoms with E-state index in [-0.39, 0.29) is 13.2 Å². The predicted octanol–water partition coefficient (Wildman–Crippen LogP) is 1.78. The smallest absolute Gasteiger partial charge is 0.0825 e. The van der Waals surface area contributed by atoms with Gasteiger partial charge in [-0.25, -0.2) is 0 Å². The van der Waals surface area contributed by atoms with Gasteiger partial charge in [-0.1, -0.05) is 29.3 Å². The standard InChI is InChI=1S/C10H13Cl2NO2/c11-8-2-1-3-9(10(8)12)13(4-6-14)5-7-15/h1-3,14-15H,4-7H2. The van der Waals surface area contributed by atoms with Gasteiger partial charge in [-0.2, -0.15) is 0 Å². The van der Waals surface area contributed by atoms with Crippen LogP contribution in [0.4, 0.5) is 5.69 Å². The minimum absolute atomic E-state index is 0.00282. The highest BCUT2D eigenvalue weighted by Gasteiger charge is 2.11. The molecule has 0 spiro atoms. The molecular weight excluding hydrogens is 237 g/mol. The molecular formula is C10H13Cl2NO2. The minimum atomic E-state index is 0.00282. The molecule has 0 amide bonds. The SMILES string of the molecule is OCCN(CCO)c1cccc(Cl)c1Cl. The fourth-order valence-electron chi connectivity index (χ4n) is 1.33. The predicted molar refractivity (Wildman–Crippen MR) is 62.8 cm³/mol. The molecule has 0 fully saturated rings. The fourth-order valence-corrected chi connectivity index (χ4v) is 1.75. The molecule has 0 aliphatic carbocycles. The number of rotatable bonds is 5. The van der Waals surface area contributed by atoms with Gasteiger partial charge in [0.1, 0.15) is 0 Å². The average Bonchev–Trinajstić information content (AvgIpc) is 2.22. The monoisotopic (exact) mass is 249 g/mol. The summed E-state index contributed by atoms with van der Waals surface area (Å²) in [5.74, 6) is 0. The highest BCUT2D eigenvalue weighted by atomic mass is 35.5. The van der Waals surface area contributed by atoms with E-state index in [4.69, 9.17) is 33.4 Å². The topological polar surface area (TPSA) is 43.7 Å². The van der Waals surface area contributed by atoms with Crippen LogP contribution >= 0.6 is 23.2 Å². The third-order valence-corrected chi connectivity index (χ3v) is 2.82. The molecule has 0 aliphatic heterocycles. The third kappa shape index (κ3) is 3.24. The largest absolute Gasteiger partial charge is 0.395 e. The molecule has 0 atom stereocenters. The number of nitrogens with zero attached hydrogens (tertiary/aromatic N) is 1.